The van der Waals surface area contributed by atoms with Gasteiger partial charge in [-0.1, -0.05) is 19.8 Å². The highest BCUT2D eigenvalue weighted by Crippen LogP contribution is 2.53. The lowest BCUT2D eigenvalue weighted by molar-refractivity contribution is -0.147. The number of phenolic OH excluding ortho intramolecular Hbond substituents is 1. The average molecular weight is 557 g/mol. The van der Waals surface area contributed by atoms with Crippen molar-refractivity contribution in [3.8, 4) is 5.75 Å². The van der Waals surface area contributed by atoms with Crippen LogP contribution in [0.2, 0.25) is 0 Å². The SMILES string of the molecule is CCCCCOC(=O)CCc1cc(N(C)C)c2c(c1O)C(O)=C1C(=O)[C@]3(O)C(O)=C(C(N)=O)C(=O)C[C@@H]3C[C@@H]1C2. The molecule has 0 saturated heterocycles. The Hall–Kier alpha value is -3.86. The first-order valence-electron chi connectivity index (χ1n) is 13.5. The van der Waals surface area contributed by atoms with Gasteiger partial charge in [0.15, 0.2) is 11.4 Å². The van der Waals surface area contributed by atoms with E-state index in [-0.39, 0.29) is 49.0 Å². The van der Waals surface area contributed by atoms with Gasteiger partial charge in [0.25, 0.3) is 5.91 Å². The summed E-state index contributed by atoms with van der Waals surface area (Å²) in [5, 5.41) is 44.8. The number of phenols is 1. The summed E-state index contributed by atoms with van der Waals surface area (Å²) in [5.74, 6) is -7.12. The summed E-state index contributed by atoms with van der Waals surface area (Å²) in [6.45, 7) is 2.36. The lowest BCUT2D eigenvalue weighted by atomic mass is 9.59. The second-order valence-electron chi connectivity index (χ2n) is 11.0. The molecule has 3 aliphatic rings. The zero-order chi connectivity index (χ0) is 29.5. The molecule has 1 aromatic carbocycles. The van der Waals surface area contributed by atoms with E-state index in [4.69, 9.17) is 10.5 Å². The number of carbonyl (C=O) groups is 4. The first-order chi connectivity index (χ1) is 18.8. The first-order valence-corrected chi connectivity index (χ1v) is 13.5. The number of Topliss-reactive ketones (excluding diaryl/α,β-unsaturated/α-hetero) is 2. The van der Waals surface area contributed by atoms with Crippen LogP contribution in [-0.2, 0) is 36.8 Å². The highest BCUT2D eigenvalue weighted by Gasteiger charge is 2.60. The van der Waals surface area contributed by atoms with Crippen molar-refractivity contribution in [3.63, 3.8) is 0 Å². The number of hydrogen-bond acceptors (Lipinski definition) is 10. The number of esters is 1. The maximum atomic E-state index is 13.7. The van der Waals surface area contributed by atoms with Crippen LogP contribution in [0.15, 0.2) is 23.0 Å². The van der Waals surface area contributed by atoms with Crippen molar-refractivity contribution < 1.29 is 44.3 Å². The highest BCUT2D eigenvalue weighted by molar-refractivity contribution is 6.22. The van der Waals surface area contributed by atoms with Crippen LogP contribution in [0.4, 0.5) is 5.69 Å². The number of carbonyl (C=O) groups excluding carboxylic acids is 4. The summed E-state index contributed by atoms with van der Waals surface area (Å²) in [6.07, 6.45) is 2.71. The molecular weight excluding hydrogens is 520 g/mol. The Bertz CT molecular complexity index is 1340. The Balaban J connectivity index is 1.75. The smallest absolute Gasteiger partial charge is 0.306 e. The van der Waals surface area contributed by atoms with Crippen LogP contribution in [0.1, 0.15) is 62.1 Å². The second kappa shape index (κ2) is 11.0. The zero-order valence-corrected chi connectivity index (χ0v) is 23.0. The Labute approximate surface area is 231 Å². The van der Waals surface area contributed by atoms with E-state index in [1.165, 1.54) is 0 Å². The van der Waals surface area contributed by atoms with Gasteiger partial charge in [0.2, 0.25) is 5.78 Å². The summed E-state index contributed by atoms with van der Waals surface area (Å²) in [7, 11) is 3.57. The van der Waals surface area contributed by atoms with E-state index in [1.807, 2.05) is 6.92 Å². The molecule has 6 N–H and O–H groups in total. The molecular formula is C29H36N2O9. The number of aryl methyl sites for hydroxylation is 1. The van der Waals surface area contributed by atoms with Gasteiger partial charge in [0.05, 0.1) is 12.2 Å². The van der Waals surface area contributed by atoms with Crippen molar-refractivity contribution in [2.75, 3.05) is 25.6 Å². The Morgan fingerprint density at radius 1 is 1.15 bits per heavy atom. The highest BCUT2D eigenvalue weighted by atomic mass is 16.5. The van der Waals surface area contributed by atoms with Crippen LogP contribution in [0.3, 0.4) is 0 Å². The quantitative estimate of drug-likeness (QED) is 0.171. The van der Waals surface area contributed by atoms with E-state index in [0.29, 0.717) is 23.4 Å². The Morgan fingerprint density at radius 2 is 1.85 bits per heavy atom. The maximum absolute atomic E-state index is 13.7. The molecule has 11 nitrogen and oxygen atoms in total. The number of amides is 1. The Morgan fingerprint density at radius 3 is 2.48 bits per heavy atom. The monoisotopic (exact) mass is 556 g/mol. The van der Waals surface area contributed by atoms with Crippen molar-refractivity contribution in [2.24, 2.45) is 17.6 Å². The van der Waals surface area contributed by atoms with E-state index in [0.717, 1.165) is 19.3 Å². The van der Waals surface area contributed by atoms with Gasteiger partial charge in [0.1, 0.15) is 22.8 Å². The number of ketones is 2. The number of nitrogens with zero attached hydrogens (tertiary/aromatic N) is 1. The third-order valence-electron chi connectivity index (χ3n) is 8.21. The third kappa shape index (κ3) is 4.72. The molecule has 0 bridgehead atoms. The largest absolute Gasteiger partial charge is 0.508 e. The van der Waals surface area contributed by atoms with Crippen LogP contribution in [0, 0.1) is 11.8 Å². The zero-order valence-electron chi connectivity index (χ0n) is 23.0. The van der Waals surface area contributed by atoms with Crippen LogP contribution in [0.25, 0.3) is 5.76 Å². The van der Waals surface area contributed by atoms with Crippen molar-refractivity contribution >= 4 is 34.9 Å². The fourth-order valence-corrected chi connectivity index (χ4v) is 6.16. The van der Waals surface area contributed by atoms with Gasteiger partial charge in [0, 0.05) is 44.1 Å². The van der Waals surface area contributed by atoms with Gasteiger partial charge in [-0.05, 0) is 48.8 Å². The van der Waals surface area contributed by atoms with E-state index in [2.05, 4.69) is 0 Å². The first kappa shape index (κ1) is 29.1. The molecule has 3 aliphatic carbocycles. The van der Waals surface area contributed by atoms with Crippen molar-refractivity contribution in [1.82, 2.24) is 0 Å². The normalized spacial score (nSPS) is 23.9. The molecule has 0 radical (unpaired) electrons. The van der Waals surface area contributed by atoms with Crippen LogP contribution < -0.4 is 10.6 Å². The number of ether oxygens (including phenoxy) is 1. The van der Waals surface area contributed by atoms with Crippen LogP contribution >= 0.6 is 0 Å². The molecule has 0 spiro atoms. The summed E-state index contributed by atoms with van der Waals surface area (Å²) in [5.41, 5.74) is 3.18. The molecule has 0 aromatic heterocycles. The lowest BCUT2D eigenvalue weighted by Gasteiger charge is -2.46. The number of aliphatic hydroxyl groups is 3. The standard InChI is InChI=1S/C29H36N2O9/c1-4-5-6-9-40-20(33)8-7-14-12-18(31(2)3)17-11-15-10-16-13-19(32)23(28(30)38)27(37)29(16,39)26(36)21(15)25(35)22(17)24(14)34/h12,15-16,34-35,37,39H,4-11,13H2,1-3H3,(H2,30,38)/t15-,16+,29+/m1/s1. The molecule has 40 heavy (non-hydrogen) atoms. The van der Waals surface area contributed by atoms with Crippen LogP contribution in [-0.4, -0.2) is 70.2 Å². The minimum atomic E-state index is -2.62. The van der Waals surface area contributed by atoms with E-state index >= 15 is 0 Å². The van der Waals surface area contributed by atoms with Gasteiger partial charge in [-0.2, -0.15) is 0 Å². The number of hydrogen-bond donors (Lipinski definition) is 5. The van der Waals surface area contributed by atoms with Gasteiger partial charge < -0.3 is 35.8 Å². The lowest BCUT2D eigenvalue weighted by Crippen LogP contribution is -2.58. The van der Waals surface area contributed by atoms with Gasteiger partial charge in [-0.25, -0.2) is 0 Å². The predicted octanol–water partition coefficient (Wildman–Crippen LogP) is 2.16. The van der Waals surface area contributed by atoms with E-state index < -0.39 is 58.0 Å². The fraction of sp³-hybridized carbons (Fsp3) is 0.517. The number of benzene rings is 1. The van der Waals surface area contributed by atoms with Gasteiger partial charge >= 0.3 is 5.97 Å². The van der Waals surface area contributed by atoms with Gasteiger partial charge in [-0.15, -0.1) is 0 Å². The number of aliphatic hydroxyl groups excluding tert-OH is 2. The molecule has 216 valence electrons. The summed E-state index contributed by atoms with van der Waals surface area (Å²) < 4.78 is 5.26. The summed E-state index contributed by atoms with van der Waals surface area (Å²) in [4.78, 5) is 52.1. The molecule has 0 heterocycles. The summed E-state index contributed by atoms with van der Waals surface area (Å²) >= 11 is 0. The number of primary amides is 1. The molecule has 1 saturated carbocycles. The third-order valence-corrected chi connectivity index (χ3v) is 8.21. The number of anilines is 1. The van der Waals surface area contributed by atoms with Crippen molar-refractivity contribution in [2.45, 2.75) is 63.9 Å². The second-order valence-corrected chi connectivity index (χ2v) is 11.0. The number of aromatic hydroxyl groups is 1. The maximum Gasteiger partial charge on any atom is 0.306 e. The van der Waals surface area contributed by atoms with Crippen molar-refractivity contribution in [3.05, 3.63) is 39.7 Å². The molecule has 1 amide bonds. The summed E-state index contributed by atoms with van der Waals surface area (Å²) in [6, 6.07) is 1.73. The topological polar surface area (TPSA) is 188 Å². The molecule has 1 aromatic rings. The van der Waals surface area contributed by atoms with Gasteiger partial charge in [-0.3, -0.25) is 19.2 Å². The molecule has 3 atom stereocenters. The molecule has 1 fully saturated rings. The number of fused-ring (bicyclic) bond motifs is 3. The minimum Gasteiger partial charge on any atom is -0.508 e. The fourth-order valence-electron chi connectivity index (χ4n) is 6.16. The molecule has 11 heteroatoms. The molecule has 0 aliphatic heterocycles. The predicted molar refractivity (Wildman–Crippen MR) is 145 cm³/mol. The van der Waals surface area contributed by atoms with Crippen LogP contribution in [0.5, 0.6) is 5.75 Å². The number of unbranched alkanes of at least 4 members (excludes halogenated alkanes) is 2. The van der Waals surface area contributed by atoms with E-state index in [1.54, 1.807) is 25.1 Å². The average Bonchev–Trinajstić information content (AvgIpc) is 2.87. The number of nitrogens with two attached hydrogens (primary N) is 1. The van der Waals surface area contributed by atoms with Crippen molar-refractivity contribution in [1.29, 1.82) is 0 Å². The number of rotatable bonds is 9. The Kier molecular flexibility index (Phi) is 7.98. The van der Waals surface area contributed by atoms with E-state index in [9.17, 15) is 39.6 Å². The molecule has 0 unspecified atom stereocenters. The minimum absolute atomic E-state index is 0.00430. The molecule has 4 rings (SSSR count).